The maximum Gasteiger partial charge on any atom is 0.137 e. The number of fused-ring (bicyclic) bond motifs is 2. The van der Waals surface area contributed by atoms with Crippen LogP contribution in [0.4, 0.5) is 0 Å². The molecule has 2 saturated carbocycles. The van der Waals surface area contributed by atoms with Gasteiger partial charge in [-0.05, 0) is 65.1 Å². The van der Waals surface area contributed by atoms with E-state index in [9.17, 15) is 0 Å². The van der Waals surface area contributed by atoms with E-state index in [1.165, 1.54) is 25.7 Å². The molecule has 2 bridgehead atoms. The van der Waals surface area contributed by atoms with Gasteiger partial charge in [0.15, 0.2) is 0 Å². The molecule has 2 fully saturated rings. The van der Waals surface area contributed by atoms with Gasteiger partial charge in [0.1, 0.15) is 10.4 Å². The Morgan fingerprint density at radius 1 is 1.31 bits per heavy atom. The molecule has 1 aromatic heterocycles. The minimum atomic E-state index is 0.794. The second kappa shape index (κ2) is 4.36. The third-order valence-electron chi connectivity index (χ3n) is 4.05. The van der Waals surface area contributed by atoms with Crippen LogP contribution >= 0.6 is 15.9 Å². The van der Waals surface area contributed by atoms with Crippen molar-refractivity contribution in [3.05, 3.63) is 22.9 Å². The first kappa shape index (κ1) is 10.6. The number of nitrogens with zero attached hydrogens (tertiary/aromatic N) is 1. The first-order chi connectivity index (χ1) is 7.81. The summed E-state index contributed by atoms with van der Waals surface area (Å²) < 4.78 is 6.68. The highest BCUT2D eigenvalue weighted by atomic mass is 79.9. The van der Waals surface area contributed by atoms with Gasteiger partial charge in [0.05, 0.1) is 12.8 Å². The van der Waals surface area contributed by atoms with E-state index in [1.54, 1.807) is 6.20 Å². The van der Waals surface area contributed by atoms with Crippen LogP contribution in [0.5, 0.6) is 5.75 Å². The van der Waals surface area contributed by atoms with Crippen LogP contribution in [0.15, 0.2) is 22.9 Å². The molecule has 2 nitrogen and oxygen atoms in total. The molecule has 3 heteroatoms. The predicted molar refractivity (Wildman–Crippen MR) is 66.4 cm³/mol. The largest absolute Gasteiger partial charge is 0.492 e. The first-order valence-corrected chi connectivity index (χ1v) is 6.85. The summed E-state index contributed by atoms with van der Waals surface area (Å²) in [4.78, 5) is 4.16. The zero-order valence-corrected chi connectivity index (χ0v) is 10.8. The van der Waals surface area contributed by atoms with E-state index in [0.717, 1.165) is 34.7 Å². The van der Waals surface area contributed by atoms with Gasteiger partial charge < -0.3 is 4.74 Å². The molecule has 0 spiro atoms. The maximum absolute atomic E-state index is 5.81. The van der Waals surface area contributed by atoms with E-state index < -0.39 is 0 Å². The Hall–Kier alpha value is -0.570. The zero-order valence-electron chi connectivity index (χ0n) is 9.23. The second-order valence-corrected chi connectivity index (χ2v) is 5.88. The molecule has 2 aliphatic rings. The molecule has 1 heterocycles. The highest BCUT2D eigenvalue weighted by Gasteiger charge is 2.39. The summed E-state index contributed by atoms with van der Waals surface area (Å²) in [5.74, 6) is 3.63. The summed E-state index contributed by atoms with van der Waals surface area (Å²) in [5, 5.41) is 0. The summed E-state index contributed by atoms with van der Waals surface area (Å²) in [7, 11) is 0. The van der Waals surface area contributed by atoms with E-state index in [1.807, 2.05) is 12.1 Å². The summed E-state index contributed by atoms with van der Waals surface area (Å²) in [6.45, 7) is 0.879. The molecule has 2 aliphatic carbocycles. The molecule has 0 N–H and O–H groups in total. The standard InChI is InChI=1S/C13H16BrNO/c14-13-4-3-12(7-15-13)16-8-11-6-9-1-2-10(11)5-9/h3-4,7,9-11H,1-2,5-6,8H2. The average Bonchev–Trinajstić information content (AvgIpc) is 2.90. The lowest BCUT2D eigenvalue weighted by Gasteiger charge is -2.21. The van der Waals surface area contributed by atoms with Gasteiger partial charge in [-0.1, -0.05) is 6.42 Å². The van der Waals surface area contributed by atoms with Crippen molar-refractivity contribution in [2.75, 3.05) is 6.61 Å². The summed E-state index contributed by atoms with van der Waals surface area (Å²) in [6, 6.07) is 3.90. The first-order valence-electron chi connectivity index (χ1n) is 6.05. The third kappa shape index (κ3) is 2.10. The number of rotatable bonds is 3. The Morgan fingerprint density at radius 3 is 2.88 bits per heavy atom. The average molecular weight is 282 g/mol. The summed E-state index contributed by atoms with van der Waals surface area (Å²) in [6.07, 6.45) is 7.51. The van der Waals surface area contributed by atoms with Gasteiger partial charge in [-0.15, -0.1) is 0 Å². The van der Waals surface area contributed by atoms with Crippen LogP contribution < -0.4 is 4.74 Å². The van der Waals surface area contributed by atoms with Gasteiger partial charge in [0, 0.05) is 0 Å². The van der Waals surface area contributed by atoms with Crippen molar-refractivity contribution in [1.29, 1.82) is 0 Å². The van der Waals surface area contributed by atoms with Gasteiger partial charge in [-0.2, -0.15) is 0 Å². The molecule has 0 aromatic carbocycles. The number of halogens is 1. The van der Waals surface area contributed by atoms with Crippen LogP contribution in [-0.2, 0) is 0 Å². The molecule has 1 aromatic rings. The normalized spacial score (nSPS) is 31.9. The molecule has 0 radical (unpaired) electrons. The van der Waals surface area contributed by atoms with Crippen LogP contribution in [0, 0.1) is 17.8 Å². The van der Waals surface area contributed by atoms with Crippen molar-refractivity contribution in [3.63, 3.8) is 0 Å². The van der Waals surface area contributed by atoms with Crippen molar-refractivity contribution in [2.45, 2.75) is 25.7 Å². The van der Waals surface area contributed by atoms with Crippen LogP contribution in [0.25, 0.3) is 0 Å². The highest BCUT2D eigenvalue weighted by Crippen LogP contribution is 2.48. The van der Waals surface area contributed by atoms with Crippen molar-refractivity contribution in [1.82, 2.24) is 4.98 Å². The van der Waals surface area contributed by atoms with E-state index in [4.69, 9.17) is 4.74 Å². The Bertz CT molecular complexity index is 365. The van der Waals surface area contributed by atoms with E-state index in [2.05, 4.69) is 20.9 Å². The zero-order chi connectivity index (χ0) is 11.0. The lowest BCUT2D eigenvalue weighted by molar-refractivity contribution is 0.194. The lowest BCUT2D eigenvalue weighted by atomic mass is 9.90. The van der Waals surface area contributed by atoms with Gasteiger partial charge in [0.25, 0.3) is 0 Å². The summed E-state index contributed by atoms with van der Waals surface area (Å²) in [5.41, 5.74) is 0. The van der Waals surface area contributed by atoms with Crippen LogP contribution in [0.3, 0.4) is 0 Å². The van der Waals surface area contributed by atoms with E-state index in [0.29, 0.717) is 0 Å². The molecule has 0 aliphatic heterocycles. The fourth-order valence-corrected chi connectivity index (χ4v) is 3.47. The molecular weight excluding hydrogens is 266 g/mol. The molecule has 3 unspecified atom stereocenters. The van der Waals surface area contributed by atoms with Crippen molar-refractivity contribution in [2.24, 2.45) is 17.8 Å². The van der Waals surface area contributed by atoms with Crippen LogP contribution in [0.1, 0.15) is 25.7 Å². The van der Waals surface area contributed by atoms with Crippen molar-refractivity contribution < 1.29 is 4.74 Å². The Balaban J connectivity index is 1.55. The van der Waals surface area contributed by atoms with Crippen LogP contribution in [-0.4, -0.2) is 11.6 Å². The fraction of sp³-hybridized carbons (Fsp3) is 0.615. The molecule has 86 valence electrons. The van der Waals surface area contributed by atoms with Crippen molar-refractivity contribution >= 4 is 15.9 Å². The number of ether oxygens (including phenoxy) is 1. The van der Waals surface area contributed by atoms with Gasteiger partial charge >= 0.3 is 0 Å². The van der Waals surface area contributed by atoms with Crippen LogP contribution in [0.2, 0.25) is 0 Å². The fourth-order valence-electron chi connectivity index (χ4n) is 3.23. The molecule has 3 atom stereocenters. The van der Waals surface area contributed by atoms with Gasteiger partial charge in [-0.25, -0.2) is 4.98 Å². The number of hydrogen-bond acceptors (Lipinski definition) is 2. The SMILES string of the molecule is Brc1ccc(OCC2CC3CCC2C3)cn1. The topological polar surface area (TPSA) is 22.1 Å². The maximum atomic E-state index is 5.81. The second-order valence-electron chi connectivity index (χ2n) is 5.06. The van der Waals surface area contributed by atoms with Gasteiger partial charge in [-0.3, -0.25) is 0 Å². The minimum absolute atomic E-state index is 0.794. The Labute approximate surface area is 105 Å². The number of hydrogen-bond donors (Lipinski definition) is 0. The third-order valence-corrected chi connectivity index (χ3v) is 4.52. The Morgan fingerprint density at radius 2 is 2.25 bits per heavy atom. The number of pyridine rings is 1. The Kier molecular flexibility index (Phi) is 2.88. The molecule has 0 amide bonds. The smallest absolute Gasteiger partial charge is 0.137 e. The van der Waals surface area contributed by atoms with E-state index >= 15 is 0 Å². The van der Waals surface area contributed by atoms with E-state index in [-0.39, 0.29) is 0 Å². The van der Waals surface area contributed by atoms with Crippen molar-refractivity contribution in [3.8, 4) is 5.75 Å². The molecule has 16 heavy (non-hydrogen) atoms. The predicted octanol–water partition coefficient (Wildman–Crippen LogP) is 3.66. The lowest BCUT2D eigenvalue weighted by Crippen LogP contribution is -2.18. The van der Waals surface area contributed by atoms with Gasteiger partial charge in [0.2, 0.25) is 0 Å². The number of aromatic nitrogens is 1. The monoisotopic (exact) mass is 281 g/mol. The highest BCUT2D eigenvalue weighted by molar-refractivity contribution is 9.10. The molecule has 3 rings (SSSR count). The molecule has 0 saturated heterocycles. The minimum Gasteiger partial charge on any atom is -0.492 e. The summed E-state index contributed by atoms with van der Waals surface area (Å²) >= 11 is 3.32. The molecular formula is C13H16BrNO. The quantitative estimate of drug-likeness (QED) is 0.789.